The highest BCUT2D eigenvalue weighted by Crippen LogP contribution is 2.23. The van der Waals surface area contributed by atoms with Crippen LogP contribution in [0, 0.1) is 0 Å². The predicted octanol–water partition coefficient (Wildman–Crippen LogP) is 2.10. The fourth-order valence-corrected chi connectivity index (χ4v) is 2.27. The Labute approximate surface area is 110 Å². The van der Waals surface area contributed by atoms with Gasteiger partial charge in [0.15, 0.2) is 0 Å². The average molecular weight is 273 g/mol. The zero-order valence-electron chi connectivity index (χ0n) is 9.33. The van der Waals surface area contributed by atoms with E-state index in [-0.39, 0.29) is 11.9 Å². The van der Waals surface area contributed by atoms with Gasteiger partial charge in [0.2, 0.25) is 5.91 Å². The number of halogens is 2. The number of carbonyl (C=O) groups excluding carboxylic acids is 1. The number of carbonyl (C=O) groups is 1. The molecule has 2 N–H and O–H groups in total. The summed E-state index contributed by atoms with van der Waals surface area (Å²) >= 11 is 11.7. The molecule has 0 aliphatic carbocycles. The van der Waals surface area contributed by atoms with Gasteiger partial charge in [0, 0.05) is 19.1 Å². The lowest BCUT2D eigenvalue weighted by atomic mass is 10.1. The molecule has 0 spiro atoms. The molecule has 17 heavy (non-hydrogen) atoms. The first-order chi connectivity index (χ1) is 8.06. The van der Waals surface area contributed by atoms with Crippen molar-refractivity contribution >= 4 is 29.1 Å². The number of rotatable bonds is 2. The van der Waals surface area contributed by atoms with E-state index in [2.05, 4.69) is 0 Å². The van der Waals surface area contributed by atoms with Crippen molar-refractivity contribution in [2.45, 2.75) is 18.9 Å². The minimum absolute atomic E-state index is 0.0938. The number of hydrogen-bond acceptors (Lipinski definition) is 2. The van der Waals surface area contributed by atoms with Gasteiger partial charge in [-0.1, -0.05) is 29.3 Å². The number of nitrogens with two attached hydrogens (primary N) is 1. The summed E-state index contributed by atoms with van der Waals surface area (Å²) in [4.78, 5) is 13.7. The Morgan fingerprint density at radius 3 is 2.76 bits per heavy atom. The van der Waals surface area contributed by atoms with E-state index in [0.29, 0.717) is 23.0 Å². The van der Waals surface area contributed by atoms with Crippen LogP contribution < -0.4 is 5.73 Å². The monoisotopic (exact) mass is 272 g/mol. The van der Waals surface area contributed by atoms with E-state index < -0.39 is 0 Å². The largest absolute Gasteiger partial charge is 0.341 e. The van der Waals surface area contributed by atoms with Gasteiger partial charge >= 0.3 is 0 Å². The predicted molar refractivity (Wildman–Crippen MR) is 69.3 cm³/mol. The maximum atomic E-state index is 12.0. The molecule has 1 aromatic rings. The molecule has 0 aromatic heterocycles. The van der Waals surface area contributed by atoms with E-state index in [1.807, 2.05) is 6.07 Å². The maximum absolute atomic E-state index is 12.0. The fraction of sp³-hybridized carbons (Fsp3) is 0.417. The summed E-state index contributed by atoms with van der Waals surface area (Å²) in [5.41, 5.74) is 6.65. The normalized spacial score (nSPS) is 19.7. The summed E-state index contributed by atoms with van der Waals surface area (Å²) in [6, 6.07) is 5.38. The molecule has 3 nitrogen and oxygen atoms in total. The molecule has 1 aromatic carbocycles. The van der Waals surface area contributed by atoms with Crippen molar-refractivity contribution in [2.24, 2.45) is 5.73 Å². The molecule has 0 saturated carbocycles. The molecule has 1 aliphatic rings. The average Bonchev–Trinajstić information content (AvgIpc) is 2.70. The smallest absolute Gasteiger partial charge is 0.227 e. The summed E-state index contributed by atoms with van der Waals surface area (Å²) in [5, 5.41) is 0.987. The molecule has 0 radical (unpaired) electrons. The van der Waals surface area contributed by atoms with Crippen LogP contribution in [0.4, 0.5) is 0 Å². The minimum Gasteiger partial charge on any atom is -0.341 e. The van der Waals surface area contributed by atoms with Gasteiger partial charge in [-0.05, 0) is 24.1 Å². The molecule has 1 aliphatic heterocycles. The third kappa shape index (κ3) is 3.12. The van der Waals surface area contributed by atoms with Crippen LogP contribution in [0.2, 0.25) is 10.0 Å². The lowest BCUT2D eigenvalue weighted by Gasteiger charge is -2.15. The van der Waals surface area contributed by atoms with Crippen LogP contribution in [0.5, 0.6) is 0 Å². The summed E-state index contributed by atoms with van der Waals surface area (Å²) in [6.07, 6.45) is 1.23. The summed E-state index contributed by atoms with van der Waals surface area (Å²) in [6.45, 7) is 1.40. The lowest BCUT2D eigenvalue weighted by Crippen LogP contribution is -2.32. The molecular weight excluding hydrogens is 259 g/mol. The highest BCUT2D eigenvalue weighted by Gasteiger charge is 2.23. The number of hydrogen-bond donors (Lipinski definition) is 1. The van der Waals surface area contributed by atoms with Crippen molar-refractivity contribution in [1.29, 1.82) is 0 Å². The molecule has 1 fully saturated rings. The standard InChI is InChI=1S/C12H14Cl2N2O/c13-10-2-1-8(5-11(10)14)6-12(17)16-4-3-9(15)7-16/h1-2,5,9H,3-4,6-7,15H2/t9-/m0/s1. The highest BCUT2D eigenvalue weighted by molar-refractivity contribution is 6.42. The number of amides is 1. The topological polar surface area (TPSA) is 46.3 Å². The molecule has 2 rings (SSSR count). The minimum atomic E-state index is 0.0938. The van der Waals surface area contributed by atoms with E-state index in [0.717, 1.165) is 18.5 Å². The van der Waals surface area contributed by atoms with Gasteiger partial charge in [-0.15, -0.1) is 0 Å². The van der Waals surface area contributed by atoms with Crippen LogP contribution in [-0.4, -0.2) is 29.9 Å². The molecular formula is C12H14Cl2N2O. The fourth-order valence-electron chi connectivity index (χ4n) is 1.95. The second-order valence-electron chi connectivity index (χ2n) is 4.31. The van der Waals surface area contributed by atoms with E-state index in [9.17, 15) is 4.79 Å². The van der Waals surface area contributed by atoms with Crippen LogP contribution in [0.3, 0.4) is 0 Å². The number of nitrogens with zero attached hydrogens (tertiary/aromatic N) is 1. The van der Waals surface area contributed by atoms with Gasteiger partial charge in [0.25, 0.3) is 0 Å². The van der Waals surface area contributed by atoms with Crippen LogP contribution >= 0.6 is 23.2 Å². The Morgan fingerprint density at radius 2 is 2.18 bits per heavy atom. The summed E-state index contributed by atoms with van der Waals surface area (Å²) in [7, 11) is 0. The maximum Gasteiger partial charge on any atom is 0.227 e. The third-order valence-electron chi connectivity index (χ3n) is 2.92. The lowest BCUT2D eigenvalue weighted by molar-refractivity contribution is -0.129. The van der Waals surface area contributed by atoms with Crippen molar-refractivity contribution < 1.29 is 4.79 Å². The van der Waals surface area contributed by atoms with Crippen molar-refractivity contribution in [3.05, 3.63) is 33.8 Å². The van der Waals surface area contributed by atoms with Crippen LogP contribution in [-0.2, 0) is 11.2 Å². The van der Waals surface area contributed by atoms with Gasteiger partial charge in [-0.3, -0.25) is 4.79 Å². The van der Waals surface area contributed by atoms with Crippen molar-refractivity contribution in [1.82, 2.24) is 4.90 Å². The Kier molecular flexibility index (Phi) is 3.92. The molecule has 1 amide bonds. The molecule has 1 heterocycles. The first-order valence-corrected chi connectivity index (χ1v) is 6.29. The highest BCUT2D eigenvalue weighted by atomic mass is 35.5. The zero-order valence-corrected chi connectivity index (χ0v) is 10.8. The van der Waals surface area contributed by atoms with Gasteiger partial charge in [-0.2, -0.15) is 0 Å². The second-order valence-corrected chi connectivity index (χ2v) is 5.13. The van der Waals surface area contributed by atoms with E-state index in [1.165, 1.54) is 0 Å². The van der Waals surface area contributed by atoms with Crippen LogP contribution in [0.1, 0.15) is 12.0 Å². The Bertz CT molecular complexity index is 437. The van der Waals surface area contributed by atoms with E-state index >= 15 is 0 Å². The van der Waals surface area contributed by atoms with E-state index in [1.54, 1.807) is 17.0 Å². The molecule has 1 atom stereocenters. The second kappa shape index (κ2) is 5.25. The van der Waals surface area contributed by atoms with Gasteiger partial charge in [-0.25, -0.2) is 0 Å². The Hall–Kier alpha value is -0.770. The molecule has 0 unspecified atom stereocenters. The first kappa shape index (κ1) is 12.7. The zero-order chi connectivity index (χ0) is 12.4. The van der Waals surface area contributed by atoms with Crippen molar-refractivity contribution in [3.8, 4) is 0 Å². The number of benzene rings is 1. The van der Waals surface area contributed by atoms with Gasteiger partial charge in [0.1, 0.15) is 0 Å². The van der Waals surface area contributed by atoms with E-state index in [4.69, 9.17) is 28.9 Å². The van der Waals surface area contributed by atoms with Gasteiger partial charge < -0.3 is 10.6 Å². The third-order valence-corrected chi connectivity index (χ3v) is 3.66. The van der Waals surface area contributed by atoms with Crippen molar-refractivity contribution in [3.63, 3.8) is 0 Å². The summed E-state index contributed by atoms with van der Waals surface area (Å²) in [5.74, 6) is 0.0938. The Morgan fingerprint density at radius 1 is 1.41 bits per heavy atom. The van der Waals surface area contributed by atoms with Crippen LogP contribution in [0.25, 0.3) is 0 Å². The van der Waals surface area contributed by atoms with Crippen molar-refractivity contribution in [2.75, 3.05) is 13.1 Å². The SMILES string of the molecule is N[C@H]1CCN(C(=O)Cc2ccc(Cl)c(Cl)c2)C1. The summed E-state index contributed by atoms with van der Waals surface area (Å²) < 4.78 is 0. The Balaban J connectivity index is 2.00. The first-order valence-electron chi connectivity index (χ1n) is 5.53. The molecule has 92 valence electrons. The molecule has 5 heteroatoms. The van der Waals surface area contributed by atoms with Gasteiger partial charge in [0.05, 0.1) is 16.5 Å². The molecule has 0 bridgehead atoms. The number of likely N-dealkylation sites (tertiary alicyclic amines) is 1. The quantitative estimate of drug-likeness (QED) is 0.896. The van der Waals surface area contributed by atoms with Crippen LogP contribution in [0.15, 0.2) is 18.2 Å². The molecule has 1 saturated heterocycles.